The van der Waals surface area contributed by atoms with Crippen LogP contribution in [0.15, 0.2) is 35.5 Å². The van der Waals surface area contributed by atoms with Crippen LogP contribution in [0.2, 0.25) is 0 Å². The van der Waals surface area contributed by atoms with Crippen molar-refractivity contribution in [3.8, 4) is 0 Å². The van der Waals surface area contributed by atoms with Crippen LogP contribution < -0.4 is 10.2 Å². The molecule has 0 aliphatic carbocycles. The monoisotopic (exact) mass is 343 g/mol. The summed E-state index contributed by atoms with van der Waals surface area (Å²) in [4.78, 5) is 14.0. The third-order valence-corrected chi connectivity index (χ3v) is 4.91. The quantitative estimate of drug-likeness (QED) is 0.664. The van der Waals surface area contributed by atoms with Gasteiger partial charge in [0.05, 0.1) is 0 Å². The standard InChI is InChI=1S/C18H25N5S/c1-4-14-7-5-6-8-15(14)19-16-13-17(21-18(20-16)24-3)23-11-9-22(2)10-12-23/h5-8,13H,4,9-12H2,1-3H3,(H,19,20,21). The molecule has 1 saturated heterocycles. The van der Waals surface area contributed by atoms with Crippen molar-refractivity contribution >= 4 is 29.1 Å². The first-order valence-corrected chi connectivity index (χ1v) is 9.63. The zero-order chi connectivity index (χ0) is 16.9. The number of nitrogens with zero attached hydrogens (tertiary/aromatic N) is 4. The average Bonchev–Trinajstić information content (AvgIpc) is 2.62. The van der Waals surface area contributed by atoms with Crippen LogP contribution in [0.5, 0.6) is 0 Å². The van der Waals surface area contributed by atoms with E-state index in [1.807, 2.05) is 6.26 Å². The van der Waals surface area contributed by atoms with Gasteiger partial charge in [0, 0.05) is 37.9 Å². The Balaban J connectivity index is 1.86. The lowest BCUT2D eigenvalue weighted by Gasteiger charge is -2.33. The van der Waals surface area contributed by atoms with Crippen molar-refractivity contribution in [2.24, 2.45) is 0 Å². The molecule has 1 fully saturated rings. The summed E-state index contributed by atoms with van der Waals surface area (Å²) >= 11 is 1.58. The van der Waals surface area contributed by atoms with E-state index in [1.54, 1.807) is 11.8 Å². The summed E-state index contributed by atoms with van der Waals surface area (Å²) in [5.41, 5.74) is 2.41. The van der Waals surface area contributed by atoms with E-state index in [0.29, 0.717) is 0 Å². The van der Waals surface area contributed by atoms with Crippen molar-refractivity contribution in [3.05, 3.63) is 35.9 Å². The first-order valence-electron chi connectivity index (χ1n) is 8.41. The second-order valence-corrected chi connectivity index (χ2v) is 6.80. The Morgan fingerprint density at radius 3 is 2.58 bits per heavy atom. The van der Waals surface area contributed by atoms with Crippen molar-refractivity contribution < 1.29 is 0 Å². The number of aromatic nitrogens is 2. The van der Waals surface area contributed by atoms with Crippen molar-refractivity contribution in [1.29, 1.82) is 0 Å². The molecule has 0 atom stereocenters. The molecule has 0 bridgehead atoms. The lowest BCUT2D eigenvalue weighted by atomic mass is 10.1. The molecule has 1 aromatic heterocycles. The fourth-order valence-electron chi connectivity index (χ4n) is 2.85. The van der Waals surface area contributed by atoms with Crippen molar-refractivity contribution in [1.82, 2.24) is 14.9 Å². The molecule has 0 saturated carbocycles. The Labute approximate surface area is 148 Å². The Hall–Kier alpha value is -1.79. The molecule has 0 radical (unpaired) electrons. The van der Waals surface area contributed by atoms with Crippen LogP contribution in [0.3, 0.4) is 0 Å². The first-order chi connectivity index (χ1) is 11.7. The molecule has 1 aromatic carbocycles. The molecule has 128 valence electrons. The van der Waals surface area contributed by atoms with Crippen LogP contribution >= 0.6 is 11.8 Å². The molecule has 0 amide bonds. The molecule has 5 nitrogen and oxygen atoms in total. The lowest BCUT2D eigenvalue weighted by molar-refractivity contribution is 0.312. The largest absolute Gasteiger partial charge is 0.354 e. The maximum absolute atomic E-state index is 4.70. The number of para-hydroxylation sites is 1. The Morgan fingerprint density at radius 2 is 1.88 bits per heavy atom. The van der Waals surface area contributed by atoms with Gasteiger partial charge in [-0.15, -0.1) is 0 Å². The van der Waals surface area contributed by atoms with E-state index >= 15 is 0 Å². The van der Waals surface area contributed by atoms with Gasteiger partial charge < -0.3 is 15.1 Å². The number of hydrogen-bond donors (Lipinski definition) is 1. The van der Waals surface area contributed by atoms with Crippen molar-refractivity contribution in [2.75, 3.05) is 49.7 Å². The molecule has 6 heteroatoms. The molecule has 24 heavy (non-hydrogen) atoms. The SMILES string of the molecule is CCc1ccccc1Nc1cc(N2CCN(C)CC2)nc(SC)n1. The summed E-state index contributed by atoms with van der Waals surface area (Å²) < 4.78 is 0. The van der Waals surface area contributed by atoms with Crippen LogP contribution in [0.25, 0.3) is 0 Å². The summed E-state index contributed by atoms with van der Waals surface area (Å²) in [7, 11) is 2.17. The van der Waals surface area contributed by atoms with Gasteiger partial charge in [0.25, 0.3) is 0 Å². The fourth-order valence-corrected chi connectivity index (χ4v) is 3.23. The third-order valence-electron chi connectivity index (χ3n) is 4.36. The predicted octanol–water partition coefficient (Wildman–Crippen LogP) is 3.26. The molecule has 1 aliphatic rings. The minimum Gasteiger partial charge on any atom is -0.354 e. The van der Waals surface area contributed by atoms with Gasteiger partial charge in [-0.1, -0.05) is 36.9 Å². The second kappa shape index (κ2) is 7.85. The fraction of sp³-hybridized carbons (Fsp3) is 0.444. The molecule has 2 aromatic rings. The normalized spacial score (nSPS) is 15.5. The zero-order valence-electron chi connectivity index (χ0n) is 14.6. The van der Waals surface area contributed by atoms with Gasteiger partial charge in [-0.05, 0) is 31.4 Å². The van der Waals surface area contributed by atoms with Crippen molar-refractivity contribution in [3.63, 3.8) is 0 Å². The average molecular weight is 344 g/mol. The van der Waals surface area contributed by atoms with Crippen LogP contribution in [0.4, 0.5) is 17.3 Å². The highest BCUT2D eigenvalue weighted by atomic mass is 32.2. The molecule has 2 heterocycles. The topological polar surface area (TPSA) is 44.3 Å². The number of likely N-dealkylation sites (N-methyl/N-ethyl adjacent to an activating group) is 1. The van der Waals surface area contributed by atoms with E-state index in [0.717, 1.165) is 55.1 Å². The van der Waals surface area contributed by atoms with Gasteiger partial charge >= 0.3 is 0 Å². The van der Waals surface area contributed by atoms with Crippen LogP contribution in [-0.4, -0.2) is 54.4 Å². The Bertz CT molecular complexity index is 683. The number of piperazine rings is 1. The predicted molar refractivity (Wildman–Crippen MR) is 103 cm³/mol. The number of anilines is 3. The van der Waals surface area contributed by atoms with Gasteiger partial charge in [-0.25, -0.2) is 9.97 Å². The summed E-state index contributed by atoms with van der Waals surface area (Å²) in [5.74, 6) is 1.88. The van der Waals surface area contributed by atoms with Crippen LogP contribution in [0, 0.1) is 0 Å². The summed E-state index contributed by atoms with van der Waals surface area (Å²) in [6.45, 7) is 6.32. The second-order valence-electron chi connectivity index (χ2n) is 6.02. The number of nitrogens with one attached hydrogen (secondary N) is 1. The van der Waals surface area contributed by atoms with Gasteiger partial charge in [-0.2, -0.15) is 0 Å². The summed E-state index contributed by atoms with van der Waals surface area (Å²) in [6, 6.07) is 10.5. The lowest BCUT2D eigenvalue weighted by Crippen LogP contribution is -2.44. The van der Waals surface area contributed by atoms with Gasteiger partial charge in [0.1, 0.15) is 11.6 Å². The summed E-state index contributed by atoms with van der Waals surface area (Å²) in [5, 5.41) is 4.29. The Kier molecular flexibility index (Phi) is 5.58. The molecule has 3 rings (SSSR count). The van der Waals surface area contributed by atoms with Crippen LogP contribution in [0.1, 0.15) is 12.5 Å². The van der Waals surface area contributed by atoms with E-state index in [4.69, 9.17) is 4.98 Å². The number of rotatable bonds is 5. The third kappa shape index (κ3) is 3.99. The number of aryl methyl sites for hydroxylation is 1. The number of thioether (sulfide) groups is 1. The van der Waals surface area contributed by atoms with Gasteiger partial charge in [0.2, 0.25) is 0 Å². The van der Waals surface area contributed by atoms with E-state index in [-0.39, 0.29) is 0 Å². The number of hydrogen-bond acceptors (Lipinski definition) is 6. The minimum absolute atomic E-state index is 0.808. The highest BCUT2D eigenvalue weighted by Gasteiger charge is 2.17. The molecular formula is C18H25N5S. The van der Waals surface area contributed by atoms with E-state index in [1.165, 1.54) is 5.56 Å². The van der Waals surface area contributed by atoms with Crippen molar-refractivity contribution in [2.45, 2.75) is 18.5 Å². The van der Waals surface area contributed by atoms with E-state index in [9.17, 15) is 0 Å². The zero-order valence-corrected chi connectivity index (χ0v) is 15.4. The maximum atomic E-state index is 4.70. The highest BCUT2D eigenvalue weighted by Crippen LogP contribution is 2.25. The minimum atomic E-state index is 0.808. The first kappa shape index (κ1) is 17.0. The summed E-state index contributed by atoms with van der Waals surface area (Å²) in [6.07, 6.45) is 3.02. The van der Waals surface area contributed by atoms with Gasteiger partial charge in [0.15, 0.2) is 5.16 Å². The highest BCUT2D eigenvalue weighted by molar-refractivity contribution is 7.98. The molecular weight excluding hydrogens is 318 g/mol. The van der Waals surface area contributed by atoms with Crippen LogP contribution in [-0.2, 0) is 6.42 Å². The maximum Gasteiger partial charge on any atom is 0.191 e. The van der Waals surface area contributed by atoms with E-state index < -0.39 is 0 Å². The molecule has 1 N–H and O–H groups in total. The molecule has 1 aliphatic heterocycles. The molecule has 0 spiro atoms. The number of benzene rings is 1. The smallest absolute Gasteiger partial charge is 0.191 e. The molecule has 0 unspecified atom stereocenters. The Morgan fingerprint density at radius 1 is 1.12 bits per heavy atom. The van der Waals surface area contributed by atoms with Gasteiger partial charge in [-0.3, -0.25) is 0 Å². The van der Waals surface area contributed by atoms with E-state index in [2.05, 4.69) is 64.4 Å².